The Morgan fingerprint density at radius 1 is 0.972 bits per heavy atom. The second-order valence-electron chi connectivity index (χ2n) is 10.8. The zero-order chi connectivity index (χ0) is 26.3. The summed E-state index contributed by atoms with van der Waals surface area (Å²) >= 11 is 1.15. The normalized spacial score (nSPS) is 12.2. The minimum Gasteiger partial charge on any atom is -0.506 e. The lowest BCUT2D eigenvalue weighted by Crippen LogP contribution is -2.41. The van der Waals surface area contributed by atoms with Crippen molar-refractivity contribution in [1.29, 1.82) is 0 Å². The number of benzene rings is 2. The fourth-order valence-electron chi connectivity index (χ4n) is 4.54. The lowest BCUT2D eigenvalue weighted by molar-refractivity contribution is -0.118. The van der Waals surface area contributed by atoms with E-state index in [2.05, 4.69) is 66.7 Å². The summed E-state index contributed by atoms with van der Waals surface area (Å²) in [6, 6.07) is 12.0. The molecule has 1 heterocycles. The Hall–Kier alpha value is -2.68. The van der Waals surface area contributed by atoms with Gasteiger partial charge in [0.1, 0.15) is 11.3 Å². The summed E-state index contributed by atoms with van der Waals surface area (Å²) in [7, 11) is 0. The number of nitrogens with zero attached hydrogens (tertiary/aromatic N) is 2. The number of aryl methyl sites for hydroxylation is 1. The van der Waals surface area contributed by atoms with Gasteiger partial charge in [-0.3, -0.25) is 9.59 Å². The minimum absolute atomic E-state index is 0.109. The van der Waals surface area contributed by atoms with Crippen molar-refractivity contribution in [3.05, 3.63) is 62.8 Å². The van der Waals surface area contributed by atoms with Crippen molar-refractivity contribution < 1.29 is 9.90 Å². The highest BCUT2D eigenvalue weighted by molar-refractivity contribution is 7.16. The fraction of sp³-hybridized carbons (Fsp3) is 0.500. The Kier molecular flexibility index (Phi) is 9.70. The average molecular weight is 513 g/mol. The average Bonchev–Trinajstić information content (AvgIpc) is 3.20. The third-order valence-electron chi connectivity index (χ3n) is 6.40. The number of phenols is 1. The van der Waals surface area contributed by atoms with Crippen molar-refractivity contribution in [2.45, 2.75) is 47.0 Å². The van der Waals surface area contributed by atoms with E-state index in [-0.39, 0.29) is 21.9 Å². The number of aromatic nitrogens is 1. The number of aromatic amines is 1. The minimum atomic E-state index is -0.274. The molecule has 196 valence electrons. The number of amides is 1. The molecule has 3 rings (SSSR count). The van der Waals surface area contributed by atoms with E-state index in [0.717, 1.165) is 67.2 Å². The van der Waals surface area contributed by atoms with Gasteiger partial charge < -0.3 is 25.6 Å². The number of nitrogens with two attached hydrogens (primary N) is 1. The Bertz CT molecular complexity index is 1210. The maximum atomic E-state index is 11.9. The summed E-state index contributed by atoms with van der Waals surface area (Å²) in [4.78, 5) is 30.8. The van der Waals surface area contributed by atoms with Crippen LogP contribution >= 0.6 is 11.3 Å². The summed E-state index contributed by atoms with van der Waals surface area (Å²) in [6.45, 7) is 13.8. The first-order valence-corrected chi connectivity index (χ1v) is 13.4. The summed E-state index contributed by atoms with van der Waals surface area (Å²) < 4.78 is 0.831. The second-order valence-corrected chi connectivity index (χ2v) is 11.8. The van der Waals surface area contributed by atoms with Crippen LogP contribution in [0.1, 0.15) is 43.9 Å². The molecule has 0 fully saturated rings. The van der Waals surface area contributed by atoms with Crippen LogP contribution in [0.4, 0.5) is 0 Å². The third kappa shape index (κ3) is 8.47. The molecule has 3 aromatic rings. The fourth-order valence-corrected chi connectivity index (χ4v) is 5.44. The number of phenolic OH excluding ortho intramolecular Hbond substituents is 1. The van der Waals surface area contributed by atoms with Gasteiger partial charge in [0.05, 0.1) is 4.70 Å². The second kappa shape index (κ2) is 12.5. The first-order chi connectivity index (χ1) is 17.0. The number of hydrogen-bond acceptors (Lipinski definition) is 6. The molecular formula is C28H40N4O3S. The standard InChI is InChI=1S/C28H40N4O3S/c1-20-7-5-6-8-21(20)11-14-31(16-13-24(29)34)17-18-32(19-28(2,3)4)15-12-22-9-10-23(33)25-26(22)36-27(35)30-25/h5-10,33H,11-19H2,1-4H3,(H2,29,34)(H,30,35). The maximum absolute atomic E-state index is 11.9. The molecule has 1 amide bonds. The molecule has 7 nitrogen and oxygen atoms in total. The van der Waals surface area contributed by atoms with Crippen molar-refractivity contribution in [1.82, 2.24) is 14.8 Å². The molecule has 0 radical (unpaired) electrons. The molecule has 0 spiro atoms. The van der Waals surface area contributed by atoms with Crippen molar-refractivity contribution in [2.75, 3.05) is 39.3 Å². The number of carbonyl (C=O) groups is 1. The van der Waals surface area contributed by atoms with Gasteiger partial charge >= 0.3 is 4.87 Å². The van der Waals surface area contributed by atoms with Gasteiger partial charge in [0.25, 0.3) is 0 Å². The number of thiazole rings is 1. The lowest BCUT2D eigenvalue weighted by atomic mass is 9.95. The maximum Gasteiger partial charge on any atom is 0.305 e. The van der Waals surface area contributed by atoms with Crippen molar-refractivity contribution >= 4 is 27.5 Å². The number of carbonyl (C=O) groups excluding carboxylic acids is 1. The molecule has 1 aromatic heterocycles. The Morgan fingerprint density at radius 2 is 1.64 bits per heavy atom. The summed E-state index contributed by atoms with van der Waals surface area (Å²) in [5.74, 6) is -0.165. The van der Waals surface area contributed by atoms with Gasteiger partial charge in [0.2, 0.25) is 5.91 Å². The van der Waals surface area contributed by atoms with Gasteiger partial charge in [-0.05, 0) is 47.9 Å². The highest BCUT2D eigenvalue weighted by Gasteiger charge is 2.19. The van der Waals surface area contributed by atoms with Crippen LogP contribution in [0.25, 0.3) is 10.2 Å². The molecule has 0 aliphatic carbocycles. The molecule has 0 bridgehead atoms. The SMILES string of the molecule is Cc1ccccc1CCN(CCC(N)=O)CCN(CCc1ccc(O)c2[nH]c(=O)sc12)CC(C)(C)C. The molecule has 0 atom stereocenters. The largest absolute Gasteiger partial charge is 0.506 e. The number of nitrogens with one attached hydrogen (secondary N) is 1. The van der Waals surface area contributed by atoms with Crippen LogP contribution in [-0.2, 0) is 17.6 Å². The van der Waals surface area contributed by atoms with Crippen LogP contribution in [0.15, 0.2) is 41.2 Å². The Morgan fingerprint density at radius 3 is 2.33 bits per heavy atom. The molecule has 4 N–H and O–H groups in total. The number of aromatic hydroxyl groups is 1. The van der Waals surface area contributed by atoms with E-state index in [1.165, 1.54) is 11.1 Å². The summed E-state index contributed by atoms with van der Waals surface area (Å²) in [5, 5.41) is 10.1. The third-order valence-corrected chi connectivity index (χ3v) is 7.36. The molecule has 0 aliphatic heterocycles. The van der Waals surface area contributed by atoms with E-state index < -0.39 is 0 Å². The van der Waals surface area contributed by atoms with E-state index in [1.54, 1.807) is 6.07 Å². The van der Waals surface area contributed by atoms with Gasteiger partial charge in [0, 0.05) is 45.7 Å². The molecule has 0 unspecified atom stereocenters. The number of primary amides is 1. The molecule has 36 heavy (non-hydrogen) atoms. The van der Waals surface area contributed by atoms with E-state index in [4.69, 9.17) is 5.73 Å². The predicted molar refractivity (Wildman–Crippen MR) is 149 cm³/mol. The summed E-state index contributed by atoms with van der Waals surface area (Å²) in [6.07, 6.45) is 2.07. The first kappa shape index (κ1) is 27.9. The van der Waals surface area contributed by atoms with Gasteiger partial charge in [-0.15, -0.1) is 0 Å². The van der Waals surface area contributed by atoms with Gasteiger partial charge in [-0.1, -0.05) is 62.4 Å². The molecule has 0 saturated carbocycles. The van der Waals surface area contributed by atoms with Crippen molar-refractivity contribution in [3.8, 4) is 5.75 Å². The molecule has 0 aliphatic rings. The van der Waals surface area contributed by atoms with Crippen LogP contribution in [0.2, 0.25) is 0 Å². The number of hydrogen-bond donors (Lipinski definition) is 3. The van der Waals surface area contributed by atoms with E-state index in [0.29, 0.717) is 18.5 Å². The number of H-pyrrole nitrogens is 1. The van der Waals surface area contributed by atoms with E-state index >= 15 is 0 Å². The number of fused-ring (bicyclic) bond motifs is 1. The van der Waals surface area contributed by atoms with Crippen LogP contribution < -0.4 is 10.6 Å². The molecular weight excluding hydrogens is 472 g/mol. The topological polar surface area (TPSA) is 103 Å². The molecule has 2 aromatic carbocycles. The monoisotopic (exact) mass is 512 g/mol. The van der Waals surface area contributed by atoms with Gasteiger partial charge in [-0.2, -0.15) is 0 Å². The lowest BCUT2D eigenvalue weighted by Gasteiger charge is -2.32. The quantitative estimate of drug-likeness (QED) is 0.322. The zero-order valence-corrected chi connectivity index (χ0v) is 22.8. The van der Waals surface area contributed by atoms with Crippen molar-refractivity contribution in [2.24, 2.45) is 11.1 Å². The zero-order valence-electron chi connectivity index (χ0n) is 22.0. The predicted octanol–water partition coefficient (Wildman–Crippen LogP) is 3.91. The highest BCUT2D eigenvalue weighted by Crippen LogP contribution is 2.28. The smallest absolute Gasteiger partial charge is 0.305 e. The first-order valence-electron chi connectivity index (χ1n) is 12.6. The Balaban J connectivity index is 1.68. The van der Waals surface area contributed by atoms with Crippen molar-refractivity contribution in [3.63, 3.8) is 0 Å². The highest BCUT2D eigenvalue weighted by atomic mass is 32.1. The van der Waals surface area contributed by atoms with Gasteiger partial charge in [-0.25, -0.2) is 0 Å². The van der Waals surface area contributed by atoms with Crippen LogP contribution in [0.5, 0.6) is 5.75 Å². The van der Waals surface area contributed by atoms with Crippen LogP contribution in [0.3, 0.4) is 0 Å². The van der Waals surface area contributed by atoms with Crippen LogP contribution in [-0.4, -0.2) is 65.1 Å². The Labute approximate surface area is 217 Å². The van der Waals surface area contributed by atoms with Gasteiger partial charge in [0.15, 0.2) is 0 Å². The summed E-state index contributed by atoms with van der Waals surface area (Å²) in [5.41, 5.74) is 9.80. The van der Waals surface area contributed by atoms with Crippen LogP contribution in [0, 0.1) is 12.3 Å². The number of rotatable bonds is 13. The van der Waals surface area contributed by atoms with E-state index in [1.807, 2.05) is 6.07 Å². The van der Waals surface area contributed by atoms with E-state index in [9.17, 15) is 14.7 Å². The molecule has 8 heteroatoms. The molecule has 0 saturated heterocycles.